The summed E-state index contributed by atoms with van der Waals surface area (Å²) >= 11 is 0. The lowest BCUT2D eigenvalue weighted by molar-refractivity contribution is -0.156. The zero-order valence-corrected chi connectivity index (χ0v) is 19.7. The first-order valence-corrected chi connectivity index (χ1v) is 11.2. The first kappa shape index (κ1) is 26.0. The molecule has 1 heterocycles. The van der Waals surface area contributed by atoms with Gasteiger partial charge in [0.05, 0.1) is 6.54 Å². The molecule has 0 fully saturated rings. The minimum atomic E-state index is -4.52. The second-order valence-electron chi connectivity index (χ2n) is 8.55. The van der Waals surface area contributed by atoms with Crippen LogP contribution in [0.25, 0.3) is 0 Å². The molecule has 0 spiro atoms. The highest BCUT2D eigenvalue weighted by Gasteiger charge is 2.40. The molecule has 2 aromatic carbocycles. The van der Waals surface area contributed by atoms with Crippen molar-refractivity contribution in [3.05, 3.63) is 117 Å². The van der Waals surface area contributed by atoms with E-state index in [9.17, 15) is 18.0 Å². The maximum Gasteiger partial charge on any atom is 0.407 e. The standard InChI is InChI=1S/C27H29F3N4O/c1-18(19(2)31)24(32)16-33-26(27(28,29)30)23-7-5-6-22(15-23)14-20-9-11-21(12-10-20)17-34-13-4-3-8-25(34)35/h3-13,15,26,32-33H,14,16-17,31H2,1-2H3/b19-18-,32-24?. The first-order chi connectivity index (χ1) is 16.5. The SMILES string of the molecule is C/C(N)=C(\C)C(=N)CNC(c1cccc(Cc2ccc(Cn3ccccc3=O)cc2)c1)C(F)(F)F. The predicted octanol–water partition coefficient (Wildman–Crippen LogP) is 4.95. The fourth-order valence-electron chi connectivity index (χ4n) is 3.67. The van der Waals surface area contributed by atoms with E-state index in [2.05, 4.69) is 5.32 Å². The third-order valence-electron chi connectivity index (χ3n) is 5.82. The summed E-state index contributed by atoms with van der Waals surface area (Å²) in [6, 6.07) is 17.2. The summed E-state index contributed by atoms with van der Waals surface area (Å²) in [6.07, 6.45) is -2.33. The van der Waals surface area contributed by atoms with Crippen LogP contribution in [0.15, 0.2) is 89.0 Å². The molecule has 8 heteroatoms. The molecule has 35 heavy (non-hydrogen) atoms. The fourth-order valence-corrected chi connectivity index (χ4v) is 3.67. The Kier molecular flexibility index (Phi) is 8.30. The van der Waals surface area contributed by atoms with E-state index in [0.29, 0.717) is 24.2 Å². The molecule has 1 unspecified atom stereocenters. The molecule has 1 atom stereocenters. The molecular formula is C27H29F3N4O. The highest BCUT2D eigenvalue weighted by Crippen LogP contribution is 2.33. The molecular weight excluding hydrogens is 453 g/mol. The molecule has 3 rings (SSSR count). The Morgan fingerprint density at radius 3 is 2.31 bits per heavy atom. The van der Waals surface area contributed by atoms with Crippen LogP contribution in [0.4, 0.5) is 13.2 Å². The minimum absolute atomic E-state index is 0.0215. The summed E-state index contributed by atoms with van der Waals surface area (Å²) in [7, 11) is 0. The number of nitrogens with one attached hydrogen (secondary N) is 2. The van der Waals surface area contributed by atoms with Crippen molar-refractivity contribution in [2.24, 2.45) is 5.73 Å². The quantitative estimate of drug-likeness (QED) is 0.377. The van der Waals surface area contributed by atoms with Crippen LogP contribution in [0.1, 0.15) is 42.1 Å². The molecule has 1 aromatic heterocycles. The van der Waals surface area contributed by atoms with Crippen molar-refractivity contribution < 1.29 is 13.2 Å². The molecule has 0 aliphatic carbocycles. The number of pyridine rings is 1. The van der Waals surface area contributed by atoms with Crippen LogP contribution in [0.3, 0.4) is 0 Å². The Balaban J connectivity index is 1.73. The lowest BCUT2D eigenvalue weighted by Crippen LogP contribution is -2.37. The number of nitrogens with zero attached hydrogens (tertiary/aromatic N) is 1. The van der Waals surface area contributed by atoms with E-state index in [1.54, 1.807) is 54.9 Å². The number of aromatic nitrogens is 1. The van der Waals surface area contributed by atoms with Crippen molar-refractivity contribution >= 4 is 5.71 Å². The summed E-state index contributed by atoms with van der Waals surface area (Å²) in [5.74, 6) is 0. The number of hydrogen-bond acceptors (Lipinski definition) is 4. The van der Waals surface area contributed by atoms with E-state index in [-0.39, 0.29) is 23.4 Å². The van der Waals surface area contributed by atoms with Crippen LogP contribution < -0.4 is 16.6 Å². The van der Waals surface area contributed by atoms with Gasteiger partial charge in [0.1, 0.15) is 6.04 Å². The number of halogens is 3. The third-order valence-corrected chi connectivity index (χ3v) is 5.82. The molecule has 0 bridgehead atoms. The van der Waals surface area contributed by atoms with E-state index in [0.717, 1.165) is 16.7 Å². The molecule has 0 saturated carbocycles. The molecule has 0 aliphatic heterocycles. The van der Waals surface area contributed by atoms with E-state index < -0.39 is 12.2 Å². The number of alkyl halides is 3. The lowest BCUT2D eigenvalue weighted by Gasteiger charge is -2.23. The van der Waals surface area contributed by atoms with Gasteiger partial charge in [-0.2, -0.15) is 13.2 Å². The zero-order chi connectivity index (χ0) is 25.6. The topological polar surface area (TPSA) is 83.9 Å². The summed E-state index contributed by atoms with van der Waals surface area (Å²) in [6.45, 7) is 3.43. The Hall–Kier alpha value is -3.65. The second-order valence-corrected chi connectivity index (χ2v) is 8.55. The van der Waals surface area contributed by atoms with Gasteiger partial charge in [-0.25, -0.2) is 0 Å². The van der Waals surface area contributed by atoms with Gasteiger partial charge in [0.2, 0.25) is 0 Å². The lowest BCUT2D eigenvalue weighted by atomic mass is 9.98. The summed E-state index contributed by atoms with van der Waals surface area (Å²) in [5.41, 5.74) is 9.21. The van der Waals surface area contributed by atoms with Gasteiger partial charge in [0.15, 0.2) is 0 Å². The van der Waals surface area contributed by atoms with Crippen LogP contribution in [0, 0.1) is 5.41 Å². The number of nitrogens with two attached hydrogens (primary N) is 1. The van der Waals surface area contributed by atoms with E-state index in [1.807, 2.05) is 24.3 Å². The number of benzene rings is 2. The predicted molar refractivity (Wildman–Crippen MR) is 133 cm³/mol. The van der Waals surface area contributed by atoms with Gasteiger partial charge in [-0.1, -0.05) is 54.6 Å². The van der Waals surface area contributed by atoms with Crippen molar-refractivity contribution in [2.75, 3.05) is 6.54 Å². The van der Waals surface area contributed by atoms with Crippen molar-refractivity contribution in [1.82, 2.24) is 9.88 Å². The van der Waals surface area contributed by atoms with Gasteiger partial charge >= 0.3 is 6.18 Å². The maximum absolute atomic E-state index is 13.8. The van der Waals surface area contributed by atoms with Crippen LogP contribution in [0.2, 0.25) is 0 Å². The highest BCUT2D eigenvalue weighted by molar-refractivity contribution is 5.99. The van der Waals surface area contributed by atoms with Crippen molar-refractivity contribution in [1.29, 1.82) is 5.41 Å². The minimum Gasteiger partial charge on any atom is -0.402 e. The van der Waals surface area contributed by atoms with Gasteiger partial charge in [0, 0.05) is 30.2 Å². The van der Waals surface area contributed by atoms with Crippen molar-refractivity contribution in [3.63, 3.8) is 0 Å². The second kappa shape index (κ2) is 11.2. The number of allylic oxidation sites excluding steroid dienone is 1. The Labute approximate surface area is 202 Å². The zero-order valence-electron chi connectivity index (χ0n) is 19.7. The monoisotopic (exact) mass is 482 g/mol. The van der Waals surface area contributed by atoms with E-state index in [4.69, 9.17) is 11.1 Å². The molecule has 0 radical (unpaired) electrons. The summed E-state index contributed by atoms with van der Waals surface area (Å²) in [4.78, 5) is 11.9. The molecule has 0 amide bonds. The molecule has 4 N–H and O–H groups in total. The van der Waals surface area contributed by atoms with Crippen LogP contribution in [-0.4, -0.2) is 23.0 Å². The van der Waals surface area contributed by atoms with Gasteiger partial charge < -0.3 is 15.7 Å². The van der Waals surface area contributed by atoms with E-state index in [1.165, 1.54) is 12.1 Å². The number of hydrogen-bond donors (Lipinski definition) is 3. The Morgan fingerprint density at radius 2 is 1.69 bits per heavy atom. The normalized spacial score (nSPS) is 13.3. The smallest absolute Gasteiger partial charge is 0.402 e. The largest absolute Gasteiger partial charge is 0.407 e. The molecule has 0 saturated heterocycles. The molecule has 0 aliphatic rings. The van der Waals surface area contributed by atoms with Crippen molar-refractivity contribution in [2.45, 2.75) is 39.0 Å². The first-order valence-electron chi connectivity index (χ1n) is 11.2. The summed E-state index contributed by atoms with van der Waals surface area (Å²) in [5, 5.41) is 10.5. The van der Waals surface area contributed by atoms with Crippen molar-refractivity contribution in [3.8, 4) is 0 Å². The average Bonchev–Trinajstić information content (AvgIpc) is 2.80. The molecule has 184 valence electrons. The van der Waals surface area contributed by atoms with Crippen LogP contribution in [0.5, 0.6) is 0 Å². The number of rotatable bonds is 9. The third kappa shape index (κ3) is 7.16. The van der Waals surface area contributed by atoms with Gasteiger partial charge in [-0.15, -0.1) is 0 Å². The molecule has 5 nitrogen and oxygen atoms in total. The highest BCUT2D eigenvalue weighted by atomic mass is 19.4. The van der Waals surface area contributed by atoms with Crippen LogP contribution >= 0.6 is 0 Å². The maximum atomic E-state index is 13.8. The van der Waals surface area contributed by atoms with Gasteiger partial charge in [0.25, 0.3) is 5.56 Å². The Bertz CT molecular complexity index is 1260. The molecule has 3 aromatic rings. The summed E-state index contributed by atoms with van der Waals surface area (Å²) < 4.78 is 43.1. The van der Waals surface area contributed by atoms with E-state index >= 15 is 0 Å². The van der Waals surface area contributed by atoms with Crippen LogP contribution in [-0.2, 0) is 13.0 Å². The fraction of sp³-hybridized carbons (Fsp3) is 0.259. The van der Waals surface area contributed by atoms with Gasteiger partial charge in [-0.05, 0) is 54.2 Å². The average molecular weight is 483 g/mol. The van der Waals surface area contributed by atoms with Gasteiger partial charge in [-0.3, -0.25) is 10.1 Å². The Morgan fingerprint density at radius 1 is 1.00 bits per heavy atom.